The molecule has 0 radical (unpaired) electrons. The fraction of sp³-hybridized carbons (Fsp3) is 0.636. The van der Waals surface area contributed by atoms with Gasteiger partial charge in [-0.25, -0.2) is 4.79 Å². The van der Waals surface area contributed by atoms with Crippen molar-refractivity contribution in [1.82, 2.24) is 9.55 Å². The molecule has 0 unspecified atom stereocenters. The molecule has 18 heavy (non-hydrogen) atoms. The van der Waals surface area contributed by atoms with Crippen molar-refractivity contribution in [3.05, 3.63) is 32.6 Å². The first-order valence-electron chi connectivity index (χ1n) is 5.63. The molecule has 1 aliphatic rings. The third-order valence-electron chi connectivity index (χ3n) is 2.95. The van der Waals surface area contributed by atoms with Gasteiger partial charge in [0.2, 0.25) is 0 Å². The maximum Gasteiger partial charge on any atom is 0.330 e. The summed E-state index contributed by atoms with van der Waals surface area (Å²) in [5.74, 6) is 0. The molecule has 1 aliphatic heterocycles. The Labute approximate surface area is 117 Å². The van der Waals surface area contributed by atoms with Crippen LogP contribution in [-0.2, 0) is 9.47 Å². The van der Waals surface area contributed by atoms with E-state index in [0.29, 0.717) is 12.2 Å². The van der Waals surface area contributed by atoms with E-state index in [4.69, 9.17) is 9.47 Å². The minimum absolute atomic E-state index is 0.0280. The van der Waals surface area contributed by atoms with Crippen LogP contribution in [0.1, 0.15) is 18.2 Å². The van der Waals surface area contributed by atoms with Crippen molar-refractivity contribution in [2.75, 3.05) is 13.7 Å². The average molecular weight is 366 g/mol. The predicted molar refractivity (Wildman–Crippen MR) is 74.3 cm³/mol. The lowest BCUT2D eigenvalue weighted by Crippen LogP contribution is -2.33. The van der Waals surface area contributed by atoms with E-state index in [0.717, 1.165) is 6.42 Å². The summed E-state index contributed by atoms with van der Waals surface area (Å²) < 4.78 is 12.6. The van der Waals surface area contributed by atoms with Crippen LogP contribution in [0.25, 0.3) is 0 Å². The predicted octanol–water partition coefficient (Wildman–Crippen LogP) is 0.583. The van der Waals surface area contributed by atoms with Crippen LogP contribution in [0.2, 0.25) is 0 Å². The van der Waals surface area contributed by atoms with E-state index in [1.165, 1.54) is 4.57 Å². The molecule has 0 spiro atoms. The van der Waals surface area contributed by atoms with Crippen molar-refractivity contribution in [3.8, 4) is 0 Å². The van der Waals surface area contributed by atoms with Gasteiger partial charge in [0.1, 0.15) is 6.23 Å². The SMILES string of the molecule is COC[C@H]1O[C@@H](n2cc(C)c(=O)[nH]c2=O)C[C@H]1I. The lowest BCUT2D eigenvalue weighted by atomic mass is 10.2. The number of nitrogens with one attached hydrogen (secondary N) is 1. The number of ether oxygens (including phenoxy) is 2. The van der Waals surface area contributed by atoms with Gasteiger partial charge in [-0.05, 0) is 6.92 Å². The number of aromatic amines is 1. The summed E-state index contributed by atoms with van der Waals surface area (Å²) in [5, 5.41) is 0. The number of halogens is 1. The molecule has 0 aliphatic carbocycles. The Morgan fingerprint density at radius 3 is 3.00 bits per heavy atom. The summed E-state index contributed by atoms with van der Waals surface area (Å²) in [7, 11) is 1.62. The summed E-state index contributed by atoms with van der Waals surface area (Å²) >= 11 is 2.29. The number of alkyl halides is 1. The van der Waals surface area contributed by atoms with Crippen molar-refractivity contribution >= 4 is 22.6 Å². The molecule has 0 aromatic carbocycles. The molecule has 0 saturated carbocycles. The molecular formula is C11H15IN2O4. The molecule has 0 bridgehead atoms. The Bertz CT molecular complexity index is 539. The zero-order valence-electron chi connectivity index (χ0n) is 10.2. The topological polar surface area (TPSA) is 73.3 Å². The van der Waals surface area contributed by atoms with Crippen molar-refractivity contribution in [1.29, 1.82) is 0 Å². The molecule has 3 atom stereocenters. The summed E-state index contributed by atoms with van der Waals surface area (Å²) in [5.41, 5.74) is -0.288. The molecule has 1 fully saturated rings. The molecule has 1 N–H and O–H groups in total. The van der Waals surface area contributed by atoms with E-state index < -0.39 is 5.69 Å². The molecular weight excluding hydrogens is 351 g/mol. The number of aromatic nitrogens is 2. The first-order valence-corrected chi connectivity index (χ1v) is 6.88. The Morgan fingerprint density at radius 1 is 1.61 bits per heavy atom. The standard InChI is InChI=1S/C11H15IN2O4/c1-6-4-14(11(16)13-10(6)15)9-3-7(12)8(18-9)5-17-2/h4,7-9H,3,5H2,1-2H3,(H,13,15,16)/t7-,8-,9-/m1/s1. The van der Waals surface area contributed by atoms with Crippen molar-refractivity contribution < 1.29 is 9.47 Å². The normalized spacial score (nSPS) is 27.6. The highest BCUT2D eigenvalue weighted by Gasteiger charge is 2.34. The molecule has 1 aromatic rings. The van der Waals surface area contributed by atoms with Gasteiger partial charge < -0.3 is 9.47 Å². The van der Waals surface area contributed by atoms with Gasteiger partial charge in [0.05, 0.1) is 12.7 Å². The van der Waals surface area contributed by atoms with Gasteiger partial charge in [-0.1, -0.05) is 22.6 Å². The second-order valence-electron chi connectivity index (χ2n) is 4.31. The van der Waals surface area contributed by atoms with E-state index >= 15 is 0 Å². The quantitative estimate of drug-likeness (QED) is 0.628. The number of aryl methyl sites for hydroxylation is 1. The van der Waals surface area contributed by atoms with Crippen molar-refractivity contribution in [3.63, 3.8) is 0 Å². The Morgan fingerprint density at radius 2 is 2.33 bits per heavy atom. The maximum absolute atomic E-state index is 11.7. The van der Waals surface area contributed by atoms with Crippen LogP contribution >= 0.6 is 22.6 Å². The lowest BCUT2D eigenvalue weighted by Gasteiger charge is -2.15. The Hall–Kier alpha value is -0.670. The van der Waals surface area contributed by atoms with Crippen LogP contribution in [0.15, 0.2) is 15.8 Å². The molecule has 100 valence electrons. The smallest absolute Gasteiger partial charge is 0.330 e. The van der Waals surface area contributed by atoms with Crippen LogP contribution in [-0.4, -0.2) is 33.3 Å². The van der Waals surface area contributed by atoms with E-state index in [-0.39, 0.29) is 21.8 Å². The van der Waals surface area contributed by atoms with Crippen molar-refractivity contribution in [2.24, 2.45) is 0 Å². The number of nitrogens with zero attached hydrogens (tertiary/aromatic N) is 1. The van der Waals surface area contributed by atoms with Crippen LogP contribution in [0, 0.1) is 6.92 Å². The Kier molecular flexibility index (Phi) is 4.23. The van der Waals surface area contributed by atoms with Crippen LogP contribution in [0.3, 0.4) is 0 Å². The van der Waals surface area contributed by atoms with E-state index in [2.05, 4.69) is 27.6 Å². The molecule has 1 aromatic heterocycles. The van der Waals surface area contributed by atoms with E-state index in [9.17, 15) is 9.59 Å². The largest absolute Gasteiger partial charge is 0.382 e. The molecule has 6 nitrogen and oxygen atoms in total. The van der Waals surface area contributed by atoms with Gasteiger partial charge >= 0.3 is 5.69 Å². The molecule has 7 heteroatoms. The summed E-state index contributed by atoms with van der Waals surface area (Å²) in [4.78, 5) is 25.3. The zero-order chi connectivity index (χ0) is 13.3. The summed E-state index contributed by atoms with van der Waals surface area (Å²) in [6.07, 6.45) is 1.90. The first-order chi connectivity index (χ1) is 8.52. The number of hydrogen-bond donors (Lipinski definition) is 1. The third-order valence-corrected chi connectivity index (χ3v) is 4.26. The minimum atomic E-state index is -0.433. The van der Waals surface area contributed by atoms with Gasteiger partial charge in [0, 0.05) is 29.2 Å². The number of hydrogen-bond acceptors (Lipinski definition) is 4. The maximum atomic E-state index is 11.7. The molecule has 2 heterocycles. The molecule has 0 amide bonds. The summed E-state index contributed by atoms with van der Waals surface area (Å²) in [6.45, 7) is 2.17. The molecule has 1 saturated heterocycles. The third kappa shape index (κ3) is 2.67. The van der Waals surface area contributed by atoms with E-state index in [1.807, 2.05) is 0 Å². The van der Waals surface area contributed by atoms with Crippen molar-refractivity contribution in [2.45, 2.75) is 29.6 Å². The van der Waals surface area contributed by atoms with Gasteiger partial charge in [0.25, 0.3) is 5.56 Å². The average Bonchev–Trinajstić information content (AvgIpc) is 2.66. The minimum Gasteiger partial charge on any atom is -0.382 e. The Balaban J connectivity index is 2.26. The highest BCUT2D eigenvalue weighted by Crippen LogP contribution is 2.32. The lowest BCUT2D eigenvalue weighted by molar-refractivity contribution is -0.0321. The number of rotatable bonds is 3. The van der Waals surface area contributed by atoms with Crippen LogP contribution < -0.4 is 11.2 Å². The summed E-state index contributed by atoms with van der Waals surface area (Å²) in [6, 6.07) is 0. The fourth-order valence-electron chi connectivity index (χ4n) is 1.97. The number of H-pyrrole nitrogens is 1. The highest BCUT2D eigenvalue weighted by atomic mass is 127. The molecule has 2 rings (SSSR count). The van der Waals surface area contributed by atoms with E-state index in [1.54, 1.807) is 20.2 Å². The van der Waals surface area contributed by atoms with Gasteiger partial charge in [-0.3, -0.25) is 14.3 Å². The fourth-order valence-corrected chi connectivity index (χ4v) is 2.79. The number of methoxy groups -OCH3 is 1. The highest BCUT2D eigenvalue weighted by molar-refractivity contribution is 14.1. The van der Waals surface area contributed by atoms with Crippen LogP contribution in [0.5, 0.6) is 0 Å². The monoisotopic (exact) mass is 366 g/mol. The second-order valence-corrected chi connectivity index (χ2v) is 5.91. The van der Waals surface area contributed by atoms with Crippen LogP contribution in [0.4, 0.5) is 0 Å². The van der Waals surface area contributed by atoms with Gasteiger partial charge in [-0.15, -0.1) is 0 Å². The second kappa shape index (κ2) is 5.54. The van der Waals surface area contributed by atoms with Gasteiger partial charge in [0.15, 0.2) is 0 Å². The zero-order valence-corrected chi connectivity index (χ0v) is 12.3. The first kappa shape index (κ1) is 13.8. The van der Waals surface area contributed by atoms with Gasteiger partial charge in [-0.2, -0.15) is 0 Å².